The molecule has 1 aromatic heterocycles. The van der Waals surface area contributed by atoms with Crippen molar-refractivity contribution in [1.29, 1.82) is 0 Å². The molecular weight excluding hydrogens is 336 g/mol. The van der Waals surface area contributed by atoms with Crippen LogP contribution >= 0.6 is 0 Å². The Morgan fingerprint density at radius 3 is 2.88 bits per heavy atom. The summed E-state index contributed by atoms with van der Waals surface area (Å²) in [5.41, 5.74) is 2.22. The van der Waals surface area contributed by atoms with Gasteiger partial charge in [0.1, 0.15) is 5.82 Å². The molecule has 1 aromatic carbocycles. The lowest BCUT2D eigenvalue weighted by atomic mass is 9.98. The smallest absolute Gasteiger partial charge is 0.240 e. The van der Waals surface area contributed by atoms with Gasteiger partial charge in [-0.2, -0.15) is 4.31 Å². The van der Waals surface area contributed by atoms with Crippen LogP contribution in [0.2, 0.25) is 0 Å². The monoisotopic (exact) mass is 358 g/mol. The third kappa shape index (κ3) is 2.92. The van der Waals surface area contributed by atoms with E-state index in [-0.39, 0.29) is 6.04 Å². The Bertz CT molecular complexity index is 917. The average molecular weight is 358 g/mol. The highest BCUT2D eigenvalue weighted by Gasteiger charge is 2.37. The molecule has 4 rings (SSSR count). The summed E-state index contributed by atoms with van der Waals surface area (Å²) in [6, 6.07) is 7.72. The standard InChI is InChI=1S/C18H22N4O2S/c1-21-10-9-20-18(21)17-13-19-8-11-22(17)25(23,24)16-7-6-14-4-2-3-5-15(14)12-16/h2-5,9-10,12,17,19H,6-8,11,13H2,1H3. The molecule has 1 N–H and O–H groups in total. The molecule has 1 aliphatic carbocycles. The van der Waals surface area contributed by atoms with Crippen LogP contribution in [0.5, 0.6) is 0 Å². The fraction of sp³-hybridized carbons (Fsp3) is 0.389. The van der Waals surface area contributed by atoms with Crippen LogP contribution in [-0.4, -0.2) is 41.9 Å². The molecular formula is C18H22N4O2S. The van der Waals surface area contributed by atoms with Gasteiger partial charge in [0.05, 0.1) is 10.9 Å². The third-order valence-electron chi connectivity index (χ3n) is 5.00. The molecule has 25 heavy (non-hydrogen) atoms. The Kier molecular flexibility index (Phi) is 4.23. The van der Waals surface area contributed by atoms with Gasteiger partial charge in [-0.05, 0) is 30.0 Å². The number of nitrogens with one attached hydrogen (secondary N) is 1. The maximum Gasteiger partial charge on any atom is 0.240 e. The van der Waals surface area contributed by atoms with Crippen LogP contribution in [0.15, 0.2) is 41.6 Å². The molecule has 0 radical (unpaired) electrons. The number of hydrogen-bond donors (Lipinski definition) is 1. The van der Waals surface area contributed by atoms with Crippen molar-refractivity contribution in [3.63, 3.8) is 0 Å². The lowest BCUT2D eigenvalue weighted by Crippen LogP contribution is -2.49. The number of benzene rings is 1. The molecule has 1 unspecified atom stereocenters. The van der Waals surface area contributed by atoms with E-state index in [0.29, 0.717) is 31.0 Å². The molecule has 7 heteroatoms. The van der Waals surface area contributed by atoms with Crippen molar-refractivity contribution in [2.24, 2.45) is 7.05 Å². The van der Waals surface area contributed by atoms with Crippen LogP contribution in [0.3, 0.4) is 0 Å². The largest absolute Gasteiger partial charge is 0.337 e. The second-order valence-corrected chi connectivity index (χ2v) is 8.49. The van der Waals surface area contributed by atoms with Gasteiger partial charge in [0.15, 0.2) is 0 Å². The van der Waals surface area contributed by atoms with Gasteiger partial charge in [-0.3, -0.25) is 0 Å². The molecule has 0 spiro atoms. The quantitative estimate of drug-likeness (QED) is 0.907. The molecule has 1 fully saturated rings. The topological polar surface area (TPSA) is 67.2 Å². The second-order valence-electron chi connectivity index (χ2n) is 6.54. The van der Waals surface area contributed by atoms with Gasteiger partial charge >= 0.3 is 0 Å². The zero-order valence-corrected chi connectivity index (χ0v) is 15.0. The number of aryl methyl sites for hydroxylation is 2. The second kappa shape index (κ2) is 6.40. The minimum Gasteiger partial charge on any atom is -0.337 e. The lowest BCUT2D eigenvalue weighted by molar-refractivity contribution is 0.260. The van der Waals surface area contributed by atoms with Gasteiger partial charge in [-0.25, -0.2) is 13.4 Å². The Labute approximate surface area is 148 Å². The molecule has 2 aliphatic rings. The first kappa shape index (κ1) is 16.5. The first-order valence-corrected chi connectivity index (χ1v) is 9.99. The molecule has 1 saturated heterocycles. The zero-order valence-electron chi connectivity index (χ0n) is 14.2. The summed E-state index contributed by atoms with van der Waals surface area (Å²) < 4.78 is 30.2. The van der Waals surface area contributed by atoms with E-state index >= 15 is 0 Å². The maximum atomic E-state index is 13.4. The molecule has 132 valence electrons. The van der Waals surface area contributed by atoms with Crippen LogP contribution < -0.4 is 5.32 Å². The average Bonchev–Trinajstić information content (AvgIpc) is 3.07. The number of piperazine rings is 1. The molecule has 2 aromatic rings. The molecule has 1 aliphatic heterocycles. The van der Waals surface area contributed by atoms with Gasteiger partial charge in [0.25, 0.3) is 0 Å². The van der Waals surface area contributed by atoms with E-state index in [2.05, 4.69) is 16.4 Å². The van der Waals surface area contributed by atoms with Crippen LogP contribution in [0.25, 0.3) is 6.08 Å². The highest BCUT2D eigenvalue weighted by Crippen LogP contribution is 2.33. The van der Waals surface area contributed by atoms with E-state index in [9.17, 15) is 8.42 Å². The molecule has 0 bridgehead atoms. The lowest BCUT2D eigenvalue weighted by Gasteiger charge is -2.35. The Hall–Kier alpha value is -1.96. The van der Waals surface area contributed by atoms with Gasteiger partial charge in [-0.1, -0.05) is 24.3 Å². The summed E-state index contributed by atoms with van der Waals surface area (Å²) in [7, 11) is -1.62. The van der Waals surface area contributed by atoms with Crippen molar-refractivity contribution in [3.05, 3.63) is 58.5 Å². The van der Waals surface area contributed by atoms with Crippen molar-refractivity contribution in [3.8, 4) is 0 Å². The minimum atomic E-state index is -3.52. The van der Waals surface area contributed by atoms with Gasteiger partial charge in [0, 0.05) is 39.1 Å². The summed E-state index contributed by atoms with van der Waals surface area (Å²) in [5, 5.41) is 3.29. The number of rotatable bonds is 3. The van der Waals surface area contributed by atoms with E-state index in [1.54, 1.807) is 10.5 Å². The molecule has 1 atom stereocenters. The molecule has 6 nitrogen and oxygen atoms in total. The minimum absolute atomic E-state index is 0.281. The summed E-state index contributed by atoms with van der Waals surface area (Å²) in [6.07, 6.45) is 6.72. The highest BCUT2D eigenvalue weighted by atomic mass is 32.2. The van der Waals surface area contributed by atoms with Crippen LogP contribution in [-0.2, 0) is 23.5 Å². The van der Waals surface area contributed by atoms with Crippen LogP contribution in [0.4, 0.5) is 0 Å². The van der Waals surface area contributed by atoms with E-state index in [0.717, 1.165) is 17.8 Å². The first-order valence-electron chi connectivity index (χ1n) is 8.55. The van der Waals surface area contributed by atoms with E-state index in [1.807, 2.05) is 42.1 Å². The Morgan fingerprint density at radius 2 is 2.08 bits per heavy atom. The predicted molar refractivity (Wildman–Crippen MR) is 97.2 cm³/mol. The zero-order chi connectivity index (χ0) is 17.4. The number of allylic oxidation sites excluding steroid dienone is 1. The van der Waals surface area contributed by atoms with Crippen LogP contribution in [0, 0.1) is 0 Å². The summed E-state index contributed by atoms with van der Waals surface area (Å²) in [6.45, 7) is 1.69. The normalized spacial score (nSPS) is 21.6. The van der Waals surface area contributed by atoms with Gasteiger partial charge < -0.3 is 9.88 Å². The number of hydrogen-bond acceptors (Lipinski definition) is 4. The number of aromatic nitrogens is 2. The Morgan fingerprint density at radius 1 is 1.24 bits per heavy atom. The first-order chi connectivity index (χ1) is 12.1. The van der Waals surface area contributed by atoms with Crippen molar-refractivity contribution >= 4 is 16.1 Å². The number of imidazole rings is 1. The number of fused-ring (bicyclic) bond motifs is 1. The predicted octanol–water partition coefficient (Wildman–Crippen LogP) is 1.68. The van der Waals surface area contributed by atoms with E-state index in [4.69, 9.17) is 0 Å². The van der Waals surface area contributed by atoms with Gasteiger partial charge in [0.2, 0.25) is 10.0 Å². The number of nitrogens with zero attached hydrogens (tertiary/aromatic N) is 3. The molecule has 0 saturated carbocycles. The maximum absolute atomic E-state index is 13.4. The Balaban J connectivity index is 1.72. The fourth-order valence-corrected chi connectivity index (χ4v) is 5.42. The molecule has 0 amide bonds. The van der Waals surface area contributed by atoms with Crippen molar-refractivity contribution < 1.29 is 8.42 Å². The summed E-state index contributed by atoms with van der Waals surface area (Å²) in [4.78, 5) is 4.89. The summed E-state index contributed by atoms with van der Waals surface area (Å²) >= 11 is 0. The van der Waals surface area contributed by atoms with Crippen LogP contribution in [0.1, 0.15) is 29.4 Å². The van der Waals surface area contributed by atoms with E-state index < -0.39 is 10.0 Å². The van der Waals surface area contributed by atoms with Crippen molar-refractivity contribution in [2.45, 2.75) is 18.9 Å². The SMILES string of the molecule is Cn1ccnc1C1CNCCN1S(=O)(=O)C1=Cc2ccccc2CC1. The molecule has 2 heterocycles. The number of sulfonamides is 1. The van der Waals surface area contributed by atoms with Crippen molar-refractivity contribution in [1.82, 2.24) is 19.2 Å². The fourth-order valence-electron chi connectivity index (χ4n) is 3.65. The van der Waals surface area contributed by atoms with Crippen molar-refractivity contribution in [2.75, 3.05) is 19.6 Å². The highest BCUT2D eigenvalue weighted by molar-refractivity contribution is 7.93. The van der Waals surface area contributed by atoms with Gasteiger partial charge in [-0.15, -0.1) is 0 Å². The van der Waals surface area contributed by atoms with E-state index in [1.165, 1.54) is 5.56 Å². The third-order valence-corrected chi connectivity index (χ3v) is 7.04. The summed E-state index contributed by atoms with van der Waals surface area (Å²) in [5.74, 6) is 0.771.